The number of nitrogens with one attached hydrogen (secondary N) is 2. The molecular weight excluding hydrogens is 422 g/mol. The van der Waals surface area contributed by atoms with Crippen LogP contribution in [0.15, 0.2) is 90.0 Å². The van der Waals surface area contributed by atoms with E-state index in [9.17, 15) is 9.59 Å². The predicted molar refractivity (Wildman–Crippen MR) is 130 cm³/mol. The monoisotopic (exact) mass is 447 g/mol. The summed E-state index contributed by atoms with van der Waals surface area (Å²) in [6.07, 6.45) is 1.57. The summed E-state index contributed by atoms with van der Waals surface area (Å²) < 4.78 is 5.50. The summed E-state index contributed by atoms with van der Waals surface area (Å²) in [5, 5.41) is 6.57. The average Bonchev–Trinajstić information content (AvgIpc) is 2.83. The molecule has 7 heteroatoms. The molecule has 32 heavy (non-hydrogen) atoms. The lowest BCUT2D eigenvalue weighted by atomic mass is 10.2. The number of anilines is 1. The molecular formula is C25H25N3O3S. The molecule has 0 radical (unpaired) electrons. The van der Waals surface area contributed by atoms with Crippen molar-refractivity contribution in [1.82, 2.24) is 5.43 Å². The predicted octanol–water partition coefficient (Wildman–Crippen LogP) is 4.48. The van der Waals surface area contributed by atoms with Crippen molar-refractivity contribution < 1.29 is 14.3 Å². The molecule has 0 bridgehead atoms. The molecule has 0 unspecified atom stereocenters. The second-order valence-electron chi connectivity index (χ2n) is 6.94. The second-order valence-corrected chi connectivity index (χ2v) is 8.27. The van der Waals surface area contributed by atoms with Crippen LogP contribution in [0.25, 0.3) is 0 Å². The Morgan fingerprint density at radius 1 is 0.969 bits per heavy atom. The van der Waals surface area contributed by atoms with Gasteiger partial charge in [0, 0.05) is 11.4 Å². The number of rotatable bonds is 10. The molecule has 3 aromatic rings. The number of hydrogen-bond acceptors (Lipinski definition) is 5. The van der Waals surface area contributed by atoms with Crippen LogP contribution in [0.1, 0.15) is 18.1 Å². The first kappa shape index (κ1) is 23.1. The van der Waals surface area contributed by atoms with Crippen molar-refractivity contribution in [3.05, 3.63) is 96.1 Å². The SMILES string of the molecule is C[C@H](SCc1ccccc1)C(=O)N/N=C\c1ccc(OCC(=O)Nc2ccccc2)cc1. The Bertz CT molecular complexity index is 1030. The van der Waals surface area contributed by atoms with E-state index in [0.29, 0.717) is 5.75 Å². The van der Waals surface area contributed by atoms with E-state index in [4.69, 9.17) is 4.74 Å². The highest BCUT2D eigenvalue weighted by Gasteiger charge is 2.12. The lowest BCUT2D eigenvalue weighted by Gasteiger charge is -2.09. The number of hydrogen-bond donors (Lipinski definition) is 2. The second kappa shape index (κ2) is 12.3. The fourth-order valence-electron chi connectivity index (χ4n) is 2.65. The highest BCUT2D eigenvalue weighted by Crippen LogP contribution is 2.17. The zero-order chi connectivity index (χ0) is 22.6. The van der Waals surface area contributed by atoms with Crippen LogP contribution >= 0.6 is 11.8 Å². The molecule has 1 atom stereocenters. The van der Waals surface area contributed by atoms with Crippen molar-refractivity contribution >= 4 is 35.5 Å². The lowest BCUT2D eigenvalue weighted by molar-refractivity contribution is -0.120. The van der Waals surface area contributed by atoms with Crippen molar-refractivity contribution in [2.24, 2.45) is 5.10 Å². The minimum Gasteiger partial charge on any atom is -0.484 e. The quantitative estimate of drug-likeness (QED) is 0.355. The summed E-state index contributed by atoms with van der Waals surface area (Å²) in [5.74, 6) is 0.958. The van der Waals surface area contributed by atoms with Gasteiger partial charge in [0.05, 0.1) is 11.5 Å². The number of benzene rings is 3. The van der Waals surface area contributed by atoms with Crippen LogP contribution in [0, 0.1) is 0 Å². The van der Waals surface area contributed by atoms with Crippen molar-refractivity contribution in [3.8, 4) is 5.75 Å². The van der Waals surface area contributed by atoms with Gasteiger partial charge in [-0.05, 0) is 54.4 Å². The van der Waals surface area contributed by atoms with E-state index in [2.05, 4.69) is 15.8 Å². The van der Waals surface area contributed by atoms with Crippen molar-refractivity contribution in [2.75, 3.05) is 11.9 Å². The fraction of sp³-hybridized carbons (Fsp3) is 0.160. The first-order valence-electron chi connectivity index (χ1n) is 10.2. The van der Waals surface area contributed by atoms with Gasteiger partial charge >= 0.3 is 0 Å². The van der Waals surface area contributed by atoms with Gasteiger partial charge in [0.25, 0.3) is 11.8 Å². The Balaban J connectivity index is 1.38. The molecule has 0 aliphatic heterocycles. The molecule has 0 aliphatic carbocycles. The lowest BCUT2D eigenvalue weighted by Crippen LogP contribution is -2.26. The van der Waals surface area contributed by atoms with E-state index in [-0.39, 0.29) is 23.7 Å². The van der Waals surface area contributed by atoms with E-state index < -0.39 is 0 Å². The maximum atomic E-state index is 12.2. The number of amides is 2. The molecule has 3 rings (SSSR count). The molecule has 0 fully saturated rings. The summed E-state index contributed by atoms with van der Waals surface area (Å²) in [5.41, 5.74) is 5.28. The van der Waals surface area contributed by atoms with E-state index in [0.717, 1.165) is 17.0 Å². The highest BCUT2D eigenvalue weighted by molar-refractivity contribution is 7.99. The summed E-state index contributed by atoms with van der Waals surface area (Å²) in [4.78, 5) is 24.1. The largest absolute Gasteiger partial charge is 0.484 e. The van der Waals surface area contributed by atoms with Crippen LogP contribution in [-0.4, -0.2) is 29.9 Å². The summed E-state index contributed by atoms with van der Waals surface area (Å²) in [7, 11) is 0. The zero-order valence-electron chi connectivity index (χ0n) is 17.7. The number of ether oxygens (including phenoxy) is 1. The van der Waals surface area contributed by atoms with E-state index in [1.54, 1.807) is 42.2 Å². The van der Waals surface area contributed by atoms with Crippen LogP contribution in [0.2, 0.25) is 0 Å². The molecule has 0 heterocycles. The average molecular weight is 448 g/mol. The van der Waals surface area contributed by atoms with E-state index in [1.807, 2.05) is 67.6 Å². The van der Waals surface area contributed by atoms with Gasteiger partial charge in [-0.15, -0.1) is 11.8 Å². The molecule has 0 saturated heterocycles. The number of para-hydroxylation sites is 1. The molecule has 6 nitrogen and oxygen atoms in total. The standard InChI is InChI=1S/C25H25N3O3S/c1-19(32-18-21-8-4-2-5-9-21)25(30)28-26-16-20-12-14-23(15-13-20)31-17-24(29)27-22-10-6-3-7-11-22/h2-16,19H,17-18H2,1H3,(H,27,29)(H,28,30)/b26-16-/t19-/m0/s1. The fourth-order valence-corrected chi connectivity index (χ4v) is 3.49. The van der Waals surface area contributed by atoms with E-state index in [1.165, 1.54) is 5.56 Å². The molecule has 3 aromatic carbocycles. The Morgan fingerprint density at radius 2 is 1.62 bits per heavy atom. The number of hydrazone groups is 1. The van der Waals surface area contributed by atoms with Gasteiger partial charge in [0.2, 0.25) is 0 Å². The number of carbonyl (C=O) groups is 2. The number of carbonyl (C=O) groups excluding carboxylic acids is 2. The number of nitrogens with zero attached hydrogens (tertiary/aromatic N) is 1. The zero-order valence-corrected chi connectivity index (χ0v) is 18.5. The van der Waals surface area contributed by atoms with Crippen LogP contribution < -0.4 is 15.5 Å². The molecule has 0 aromatic heterocycles. The molecule has 2 amide bonds. The molecule has 0 aliphatic rings. The molecule has 0 saturated carbocycles. The van der Waals surface area contributed by atoms with Crippen LogP contribution in [0.5, 0.6) is 5.75 Å². The van der Waals surface area contributed by atoms with Crippen molar-refractivity contribution in [1.29, 1.82) is 0 Å². The van der Waals surface area contributed by atoms with Gasteiger partial charge < -0.3 is 10.1 Å². The van der Waals surface area contributed by atoms with Crippen LogP contribution in [-0.2, 0) is 15.3 Å². The van der Waals surface area contributed by atoms with E-state index >= 15 is 0 Å². The normalized spacial score (nSPS) is 11.7. The Morgan fingerprint density at radius 3 is 2.31 bits per heavy atom. The Hall–Kier alpha value is -3.58. The van der Waals surface area contributed by atoms with Gasteiger partial charge in [0.15, 0.2) is 6.61 Å². The summed E-state index contributed by atoms with van der Waals surface area (Å²) in [6, 6.07) is 26.3. The van der Waals surface area contributed by atoms with Gasteiger partial charge in [-0.1, -0.05) is 48.5 Å². The summed E-state index contributed by atoms with van der Waals surface area (Å²) in [6.45, 7) is 1.77. The number of thioether (sulfide) groups is 1. The third kappa shape index (κ3) is 7.92. The van der Waals surface area contributed by atoms with Crippen molar-refractivity contribution in [2.45, 2.75) is 17.9 Å². The van der Waals surface area contributed by atoms with Gasteiger partial charge in [-0.3, -0.25) is 9.59 Å². The Labute approximate surface area is 192 Å². The van der Waals surface area contributed by atoms with Gasteiger partial charge in [0.1, 0.15) is 5.75 Å². The first-order chi connectivity index (χ1) is 15.6. The molecule has 0 spiro atoms. The van der Waals surface area contributed by atoms with Crippen molar-refractivity contribution in [3.63, 3.8) is 0 Å². The van der Waals surface area contributed by atoms with Gasteiger partial charge in [-0.2, -0.15) is 5.10 Å². The first-order valence-corrected chi connectivity index (χ1v) is 11.2. The Kier molecular flexibility index (Phi) is 8.89. The third-order valence-corrected chi connectivity index (χ3v) is 5.62. The minimum atomic E-state index is -0.233. The van der Waals surface area contributed by atoms with Gasteiger partial charge in [-0.25, -0.2) is 5.43 Å². The van der Waals surface area contributed by atoms with Crippen LogP contribution in [0.4, 0.5) is 5.69 Å². The maximum Gasteiger partial charge on any atom is 0.262 e. The maximum absolute atomic E-state index is 12.2. The molecule has 2 N–H and O–H groups in total. The minimum absolute atomic E-state index is 0.0864. The third-order valence-electron chi connectivity index (χ3n) is 4.41. The summed E-state index contributed by atoms with van der Waals surface area (Å²) >= 11 is 1.56. The molecule has 164 valence electrons. The highest BCUT2D eigenvalue weighted by atomic mass is 32.2. The van der Waals surface area contributed by atoms with Crippen LogP contribution in [0.3, 0.4) is 0 Å². The topological polar surface area (TPSA) is 79.8 Å². The smallest absolute Gasteiger partial charge is 0.262 e.